The predicted molar refractivity (Wildman–Crippen MR) is 106 cm³/mol. The first-order valence-corrected chi connectivity index (χ1v) is 9.14. The summed E-state index contributed by atoms with van der Waals surface area (Å²) in [5.41, 5.74) is 1.31. The van der Waals surface area contributed by atoms with E-state index in [2.05, 4.69) is 0 Å². The minimum Gasteiger partial charge on any atom is -0.503 e. The first-order chi connectivity index (χ1) is 12.6. The van der Waals surface area contributed by atoms with E-state index >= 15 is 0 Å². The fraction of sp³-hybridized carbons (Fsp3) is 0.524. The Morgan fingerprint density at radius 2 is 1.81 bits per heavy atom. The summed E-state index contributed by atoms with van der Waals surface area (Å²) in [6.45, 7) is 6.27. The topological polar surface area (TPSA) is 70.1 Å². The summed E-state index contributed by atoms with van der Waals surface area (Å²) >= 11 is 0. The van der Waals surface area contributed by atoms with Crippen molar-refractivity contribution in [3.8, 4) is 0 Å². The Kier molecular flexibility index (Phi) is 6.31. The van der Waals surface area contributed by atoms with Crippen LogP contribution in [-0.2, 0) is 14.3 Å². The fourth-order valence-corrected chi connectivity index (χ4v) is 3.20. The number of hydrogen-bond donors (Lipinski definition) is 1. The number of carbonyl (C=O) groups is 2. The van der Waals surface area contributed by atoms with E-state index in [0.717, 1.165) is 11.3 Å². The van der Waals surface area contributed by atoms with Crippen LogP contribution in [0.1, 0.15) is 38.8 Å². The fourth-order valence-electron chi connectivity index (χ4n) is 3.20. The zero-order valence-corrected chi connectivity index (χ0v) is 17.1. The van der Waals surface area contributed by atoms with Crippen molar-refractivity contribution in [2.24, 2.45) is 5.41 Å². The third kappa shape index (κ3) is 4.33. The summed E-state index contributed by atoms with van der Waals surface area (Å²) in [5, 5.41) is 10.5. The van der Waals surface area contributed by atoms with Gasteiger partial charge in [-0.2, -0.15) is 0 Å². The molecule has 148 valence electrons. The molecule has 6 heteroatoms. The minimum absolute atomic E-state index is 0.183. The van der Waals surface area contributed by atoms with Gasteiger partial charge in [0.05, 0.1) is 11.6 Å². The van der Waals surface area contributed by atoms with E-state index < -0.39 is 23.1 Å². The highest BCUT2D eigenvalue weighted by Gasteiger charge is 2.45. The van der Waals surface area contributed by atoms with E-state index in [9.17, 15) is 14.7 Å². The molecule has 1 atom stereocenters. The van der Waals surface area contributed by atoms with Gasteiger partial charge in [0, 0.05) is 45.5 Å². The van der Waals surface area contributed by atoms with Gasteiger partial charge in [0.15, 0.2) is 11.5 Å². The molecule has 1 unspecified atom stereocenters. The van der Waals surface area contributed by atoms with Gasteiger partial charge in [0.25, 0.3) is 5.91 Å². The molecule has 1 aliphatic heterocycles. The summed E-state index contributed by atoms with van der Waals surface area (Å²) in [4.78, 5) is 29.3. The summed E-state index contributed by atoms with van der Waals surface area (Å²) in [7, 11) is 5.50. The molecule has 2 rings (SSSR count). The van der Waals surface area contributed by atoms with Crippen LogP contribution >= 0.6 is 0 Å². The highest BCUT2D eigenvalue weighted by atomic mass is 16.5. The van der Waals surface area contributed by atoms with Gasteiger partial charge in [-0.25, -0.2) is 0 Å². The van der Waals surface area contributed by atoms with Crippen molar-refractivity contribution < 1.29 is 19.4 Å². The molecule has 0 saturated heterocycles. The van der Waals surface area contributed by atoms with Gasteiger partial charge >= 0.3 is 0 Å². The lowest BCUT2D eigenvalue weighted by molar-refractivity contribution is -0.129. The van der Waals surface area contributed by atoms with Crippen LogP contribution < -0.4 is 4.90 Å². The Morgan fingerprint density at radius 1 is 1.22 bits per heavy atom. The van der Waals surface area contributed by atoms with Crippen LogP contribution in [0.25, 0.3) is 0 Å². The molecule has 1 amide bonds. The lowest BCUT2D eigenvalue weighted by atomic mass is 9.82. The third-order valence-electron chi connectivity index (χ3n) is 4.70. The molecule has 1 N–H and O–H groups in total. The second kappa shape index (κ2) is 8.13. The average molecular weight is 374 g/mol. The second-order valence-corrected chi connectivity index (χ2v) is 8.07. The number of ether oxygens (including phenoxy) is 1. The van der Waals surface area contributed by atoms with Gasteiger partial charge in [-0.3, -0.25) is 9.59 Å². The average Bonchev–Trinajstić information content (AvgIpc) is 2.85. The van der Waals surface area contributed by atoms with Crippen molar-refractivity contribution in [3.05, 3.63) is 41.2 Å². The summed E-state index contributed by atoms with van der Waals surface area (Å²) < 4.78 is 5.09. The molecule has 0 radical (unpaired) electrons. The molecule has 1 aliphatic rings. The van der Waals surface area contributed by atoms with E-state index in [1.54, 1.807) is 32.8 Å². The van der Waals surface area contributed by atoms with Crippen LogP contribution in [0.3, 0.4) is 0 Å². The SMILES string of the molecule is COCCCN1C(=O)C(O)=C(C(=O)C(C)(C)C)C1c1ccc(N(C)C)cc1. The van der Waals surface area contributed by atoms with E-state index in [1.165, 1.54) is 0 Å². The maximum absolute atomic E-state index is 13.0. The molecule has 0 aromatic heterocycles. The number of aliphatic hydroxyl groups is 1. The van der Waals surface area contributed by atoms with Crippen molar-refractivity contribution >= 4 is 17.4 Å². The van der Waals surface area contributed by atoms with E-state index in [4.69, 9.17) is 4.74 Å². The summed E-state index contributed by atoms with van der Waals surface area (Å²) in [5.74, 6) is -1.15. The number of methoxy groups -OCH3 is 1. The molecule has 1 heterocycles. The summed E-state index contributed by atoms with van der Waals surface area (Å²) in [6.07, 6.45) is 0.624. The predicted octanol–water partition coefficient (Wildman–Crippen LogP) is 3.10. The van der Waals surface area contributed by atoms with Crippen molar-refractivity contribution in [2.75, 3.05) is 39.3 Å². The molecule has 6 nitrogen and oxygen atoms in total. The van der Waals surface area contributed by atoms with E-state index in [0.29, 0.717) is 19.6 Å². The lowest BCUT2D eigenvalue weighted by Crippen LogP contribution is -2.34. The molecular weight excluding hydrogens is 344 g/mol. The highest BCUT2D eigenvalue weighted by Crippen LogP contribution is 2.41. The molecule has 27 heavy (non-hydrogen) atoms. The van der Waals surface area contributed by atoms with Crippen LogP contribution in [-0.4, -0.2) is 56.1 Å². The van der Waals surface area contributed by atoms with Crippen molar-refractivity contribution in [2.45, 2.75) is 33.2 Å². The quantitative estimate of drug-likeness (QED) is 0.743. The Bertz CT molecular complexity index is 730. The van der Waals surface area contributed by atoms with Gasteiger partial charge in [0.2, 0.25) is 0 Å². The number of benzene rings is 1. The van der Waals surface area contributed by atoms with Crippen LogP contribution in [0.2, 0.25) is 0 Å². The van der Waals surface area contributed by atoms with Crippen LogP contribution in [0.5, 0.6) is 0 Å². The van der Waals surface area contributed by atoms with Gasteiger partial charge in [0.1, 0.15) is 0 Å². The number of Topliss-reactive ketones (excluding diaryl/α,β-unsaturated/α-hetero) is 1. The van der Waals surface area contributed by atoms with Crippen LogP contribution in [0.4, 0.5) is 5.69 Å². The van der Waals surface area contributed by atoms with Crippen molar-refractivity contribution in [1.82, 2.24) is 4.90 Å². The Labute approximate surface area is 161 Å². The molecule has 0 saturated carbocycles. The molecule has 0 fully saturated rings. The van der Waals surface area contributed by atoms with Crippen molar-refractivity contribution in [1.29, 1.82) is 0 Å². The number of amides is 1. The highest BCUT2D eigenvalue weighted by molar-refractivity contribution is 6.10. The normalized spacial score (nSPS) is 17.6. The number of carbonyl (C=O) groups excluding carboxylic acids is 2. The van der Waals surface area contributed by atoms with Gasteiger partial charge in [-0.1, -0.05) is 32.9 Å². The van der Waals surface area contributed by atoms with Gasteiger partial charge in [-0.15, -0.1) is 0 Å². The van der Waals surface area contributed by atoms with Gasteiger partial charge < -0.3 is 19.6 Å². The summed E-state index contributed by atoms with van der Waals surface area (Å²) in [6, 6.07) is 7.12. The molecule has 1 aromatic carbocycles. The molecule has 0 bridgehead atoms. The number of ketones is 1. The van der Waals surface area contributed by atoms with Crippen molar-refractivity contribution in [3.63, 3.8) is 0 Å². The lowest BCUT2D eigenvalue weighted by Gasteiger charge is -2.29. The molecule has 0 aliphatic carbocycles. The maximum Gasteiger partial charge on any atom is 0.290 e. The number of nitrogens with zero attached hydrogens (tertiary/aromatic N) is 2. The van der Waals surface area contributed by atoms with Crippen LogP contribution in [0, 0.1) is 5.41 Å². The number of rotatable bonds is 7. The van der Waals surface area contributed by atoms with Crippen LogP contribution in [0.15, 0.2) is 35.6 Å². The number of aliphatic hydroxyl groups excluding tert-OH is 1. The Hall–Kier alpha value is -2.34. The Balaban J connectivity index is 2.48. The molecular formula is C21H30N2O4. The zero-order valence-electron chi connectivity index (χ0n) is 17.1. The molecule has 1 aromatic rings. The first-order valence-electron chi connectivity index (χ1n) is 9.14. The second-order valence-electron chi connectivity index (χ2n) is 8.07. The smallest absolute Gasteiger partial charge is 0.290 e. The zero-order chi connectivity index (χ0) is 20.4. The van der Waals surface area contributed by atoms with E-state index in [-0.39, 0.29) is 11.4 Å². The standard InChI is InChI=1S/C21H30N2O4/c1-21(2,3)19(25)16-17(14-8-10-15(11-9-14)22(4)5)23(12-7-13-27-6)20(26)18(16)24/h8-11,17,24H,7,12-13H2,1-6H3. The molecule has 0 spiro atoms. The number of anilines is 1. The van der Waals surface area contributed by atoms with Gasteiger partial charge in [-0.05, 0) is 24.1 Å². The monoisotopic (exact) mass is 374 g/mol. The Morgan fingerprint density at radius 3 is 2.30 bits per heavy atom. The minimum atomic E-state index is -0.700. The maximum atomic E-state index is 13.0. The van der Waals surface area contributed by atoms with E-state index in [1.807, 2.05) is 43.3 Å². The largest absolute Gasteiger partial charge is 0.503 e. The third-order valence-corrected chi connectivity index (χ3v) is 4.70. The first kappa shape index (κ1) is 21.0. The number of hydrogen-bond acceptors (Lipinski definition) is 5.